The van der Waals surface area contributed by atoms with Crippen molar-refractivity contribution in [2.75, 3.05) is 13.7 Å². The van der Waals surface area contributed by atoms with Gasteiger partial charge in [-0.3, -0.25) is 0 Å². The maximum Gasteiger partial charge on any atom is 0.0639 e. The lowest BCUT2D eigenvalue weighted by Gasteiger charge is -2.20. The lowest BCUT2D eigenvalue weighted by molar-refractivity contribution is 0.139. The molecule has 0 amide bonds. The lowest BCUT2D eigenvalue weighted by atomic mass is 10.0. The first kappa shape index (κ1) is 7.92. The van der Waals surface area contributed by atoms with E-state index in [0.29, 0.717) is 6.61 Å². The van der Waals surface area contributed by atoms with Crippen LogP contribution in [0, 0.1) is 0 Å². The van der Waals surface area contributed by atoms with Gasteiger partial charge in [0.15, 0.2) is 0 Å². The SMILES string of the molecule is CC[C@](C)(N)COC. The van der Waals surface area contributed by atoms with Crippen LogP contribution in [0.3, 0.4) is 0 Å². The third-order valence-electron chi connectivity index (χ3n) is 1.28. The maximum atomic E-state index is 5.70. The molecule has 0 aromatic rings. The molecule has 50 valence electrons. The third-order valence-corrected chi connectivity index (χ3v) is 1.28. The fourth-order valence-corrected chi connectivity index (χ4v) is 0.432. The quantitative estimate of drug-likeness (QED) is 0.592. The van der Waals surface area contributed by atoms with E-state index in [1.807, 2.05) is 6.92 Å². The van der Waals surface area contributed by atoms with Crippen molar-refractivity contribution in [1.29, 1.82) is 0 Å². The number of rotatable bonds is 3. The summed E-state index contributed by atoms with van der Waals surface area (Å²) in [5.41, 5.74) is 5.57. The maximum absolute atomic E-state index is 5.70. The van der Waals surface area contributed by atoms with Crippen LogP contribution in [0.25, 0.3) is 0 Å². The smallest absolute Gasteiger partial charge is 0.0639 e. The summed E-state index contributed by atoms with van der Waals surface area (Å²) in [6.07, 6.45) is 0.959. The molecule has 1 atom stereocenters. The van der Waals surface area contributed by atoms with E-state index < -0.39 is 0 Å². The monoisotopic (exact) mass is 117 g/mol. The van der Waals surface area contributed by atoms with E-state index in [2.05, 4.69) is 6.92 Å². The van der Waals surface area contributed by atoms with E-state index in [9.17, 15) is 0 Å². The molecule has 0 unspecified atom stereocenters. The average Bonchev–Trinajstić information content (AvgIpc) is 1.67. The summed E-state index contributed by atoms with van der Waals surface area (Å²) < 4.78 is 4.87. The Kier molecular flexibility index (Phi) is 3.02. The number of hydrogen-bond donors (Lipinski definition) is 1. The van der Waals surface area contributed by atoms with Crippen molar-refractivity contribution in [2.45, 2.75) is 25.8 Å². The summed E-state index contributed by atoms with van der Waals surface area (Å²) >= 11 is 0. The zero-order valence-corrected chi connectivity index (χ0v) is 5.90. The summed E-state index contributed by atoms with van der Waals surface area (Å²) in [5, 5.41) is 0. The Hall–Kier alpha value is -0.0800. The van der Waals surface area contributed by atoms with E-state index in [0.717, 1.165) is 6.42 Å². The Morgan fingerprint density at radius 1 is 1.62 bits per heavy atom. The van der Waals surface area contributed by atoms with Gasteiger partial charge in [-0.15, -0.1) is 0 Å². The van der Waals surface area contributed by atoms with Crippen molar-refractivity contribution in [3.05, 3.63) is 0 Å². The van der Waals surface area contributed by atoms with Crippen LogP contribution in [0.5, 0.6) is 0 Å². The predicted molar refractivity (Wildman–Crippen MR) is 34.8 cm³/mol. The average molecular weight is 117 g/mol. The molecule has 0 aliphatic carbocycles. The Morgan fingerprint density at radius 3 is 2.25 bits per heavy atom. The normalized spacial score (nSPS) is 18.0. The second-order valence-corrected chi connectivity index (χ2v) is 2.44. The van der Waals surface area contributed by atoms with Crippen molar-refractivity contribution in [3.63, 3.8) is 0 Å². The van der Waals surface area contributed by atoms with E-state index in [1.54, 1.807) is 7.11 Å². The highest BCUT2D eigenvalue weighted by Crippen LogP contribution is 2.02. The minimum absolute atomic E-state index is 0.130. The first-order valence-electron chi connectivity index (χ1n) is 2.90. The fourth-order valence-electron chi connectivity index (χ4n) is 0.432. The molecule has 0 bridgehead atoms. The van der Waals surface area contributed by atoms with Gasteiger partial charge in [-0.05, 0) is 13.3 Å². The van der Waals surface area contributed by atoms with Gasteiger partial charge in [0.05, 0.1) is 6.61 Å². The molecule has 0 rings (SSSR count). The largest absolute Gasteiger partial charge is 0.383 e. The van der Waals surface area contributed by atoms with Gasteiger partial charge in [0.1, 0.15) is 0 Å². The van der Waals surface area contributed by atoms with Crippen molar-refractivity contribution < 1.29 is 4.74 Å². The van der Waals surface area contributed by atoms with Gasteiger partial charge >= 0.3 is 0 Å². The van der Waals surface area contributed by atoms with Gasteiger partial charge in [-0.1, -0.05) is 6.92 Å². The zero-order chi connectivity index (χ0) is 6.62. The second kappa shape index (κ2) is 3.05. The first-order chi connectivity index (χ1) is 3.62. The molecule has 8 heavy (non-hydrogen) atoms. The molecule has 0 fully saturated rings. The van der Waals surface area contributed by atoms with Crippen LogP contribution in [0.15, 0.2) is 0 Å². The molecule has 0 aliphatic rings. The van der Waals surface area contributed by atoms with E-state index in [-0.39, 0.29) is 5.54 Å². The van der Waals surface area contributed by atoms with Crippen LogP contribution in [0.4, 0.5) is 0 Å². The van der Waals surface area contributed by atoms with E-state index in [4.69, 9.17) is 10.5 Å². The molecule has 0 aromatic carbocycles. The highest BCUT2D eigenvalue weighted by Gasteiger charge is 2.13. The number of hydrogen-bond acceptors (Lipinski definition) is 2. The molecule has 0 saturated heterocycles. The van der Waals surface area contributed by atoms with Crippen molar-refractivity contribution in [1.82, 2.24) is 0 Å². The minimum atomic E-state index is -0.130. The molecular formula is C6H15NO. The van der Waals surface area contributed by atoms with Crippen molar-refractivity contribution in [2.24, 2.45) is 5.73 Å². The standard InChI is InChI=1S/C6H15NO/c1-4-6(2,7)5-8-3/h4-5,7H2,1-3H3/t6-/m0/s1. The molecule has 2 nitrogen and oxygen atoms in total. The topological polar surface area (TPSA) is 35.2 Å². The predicted octanol–water partition coefficient (Wildman–Crippen LogP) is 0.760. The van der Waals surface area contributed by atoms with Crippen molar-refractivity contribution in [3.8, 4) is 0 Å². The molecule has 0 radical (unpaired) electrons. The molecule has 0 aliphatic heterocycles. The van der Waals surface area contributed by atoms with Crippen LogP contribution in [-0.4, -0.2) is 19.3 Å². The Labute approximate surface area is 51.0 Å². The highest BCUT2D eigenvalue weighted by molar-refractivity contribution is 4.74. The Balaban J connectivity index is 3.37. The number of ether oxygens (including phenoxy) is 1. The van der Waals surface area contributed by atoms with Crippen molar-refractivity contribution >= 4 is 0 Å². The summed E-state index contributed by atoms with van der Waals surface area (Å²) in [7, 11) is 1.67. The molecule has 2 heteroatoms. The minimum Gasteiger partial charge on any atom is -0.383 e. The van der Waals surface area contributed by atoms with E-state index in [1.165, 1.54) is 0 Å². The molecule has 2 N–H and O–H groups in total. The summed E-state index contributed by atoms with van der Waals surface area (Å²) in [6.45, 7) is 4.68. The van der Waals surface area contributed by atoms with Crippen LogP contribution >= 0.6 is 0 Å². The van der Waals surface area contributed by atoms with Gasteiger partial charge in [-0.2, -0.15) is 0 Å². The first-order valence-corrected chi connectivity index (χ1v) is 2.90. The lowest BCUT2D eigenvalue weighted by Crippen LogP contribution is -2.39. The molecular weight excluding hydrogens is 102 g/mol. The zero-order valence-electron chi connectivity index (χ0n) is 5.90. The second-order valence-electron chi connectivity index (χ2n) is 2.44. The van der Waals surface area contributed by atoms with Gasteiger partial charge in [0.25, 0.3) is 0 Å². The summed E-state index contributed by atoms with van der Waals surface area (Å²) in [5.74, 6) is 0. The Bertz CT molecular complexity index is 61.5. The summed E-state index contributed by atoms with van der Waals surface area (Å²) in [6, 6.07) is 0. The molecule has 0 aromatic heterocycles. The van der Waals surface area contributed by atoms with Crippen LogP contribution in [0.2, 0.25) is 0 Å². The van der Waals surface area contributed by atoms with Gasteiger partial charge in [0, 0.05) is 12.6 Å². The molecule has 0 spiro atoms. The highest BCUT2D eigenvalue weighted by atomic mass is 16.5. The number of nitrogens with two attached hydrogens (primary N) is 1. The summed E-state index contributed by atoms with van der Waals surface area (Å²) in [4.78, 5) is 0. The van der Waals surface area contributed by atoms with Gasteiger partial charge < -0.3 is 10.5 Å². The molecule has 0 saturated carbocycles. The van der Waals surface area contributed by atoms with Crippen LogP contribution < -0.4 is 5.73 Å². The van der Waals surface area contributed by atoms with Crippen LogP contribution in [0.1, 0.15) is 20.3 Å². The van der Waals surface area contributed by atoms with Gasteiger partial charge in [-0.25, -0.2) is 0 Å². The Morgan fingerprint density at radius 2 is 2.12 bits per heavy atom. The molecule has 0 heterocycles. The number of methoxy groups -OCH3 is 1. The fraction of sp³-hybridized carbons (Fsp3) is 1.00. The van der Waals surface area contributed by atoms with Crippen LogP contribution in [-0.2, 0) is 4.74 Å². The van der Waals surface area contributed by atoms with E-state index >= 15 is 0 Å². The third kappa shape index (κ3) is 2.99. The van der Waals surface area contributed by atoms with Gasteiger partial charge in [0.2, 0.25) is 0 Å².